The third-order valence-electron chi connectivity index (χ3n) is 3.77. The predicted octanol–water partition coefficient (Wildman–Crippen LogP) is -0.145. The number of amides is 1. The molecule has 0 bridgehead atoms. The molecular formula is C10H15N3O2. The highest BCUT2D eigenvalue weighted by Gasteiger charge is 2.51. The number of hydrogen-bond acceptors (Lipinski definition) is 4. The van der Waals surface area contributed by atoms with Gasteiger partial charge in [-0.15, -0.1) is 0 Å². The quantitative estimate of drug-likeness (QED) is 0.602. The summed E-state index contributed by atoms with van der Waals surface area (Å²) in [5, 5.41) is 0. The van der Waals surface area contributed by atoms with E-state index in [1.54, 1.807) is 0 Å². The summed E-state index contributed by atoms with van der Waals surface area (Å²) >= 11 is 0. The van der Waals surface area contributed by atoms with Gasteiger partial charge in [-0.2, -0.15) is 4.99 Å². The Balaban J connectivity index is 1.81. The van der Waals surface area contributed by atoms with Gasteiger partial charge in [0, 0.05) is 25.4 Å². The lowest BCUT2D eigenvalue weighted by Crippen LogP contribution is -2.51. The maximum absolute atomic E-state index is 11.7. The average Bonchev–Trinajstić information content (AvgIpc) is 2.72. The summed E-state index contributed by atoms with van der Waals surface area (Å²) in [5.41, 5.74) is 4.75. The standard InChI is InChI=1S/C10H15N3O2/c11-9-12-8(14)10(15-9)3-5-13-4-1-2-7(13)6-10/h7H,1-6H2,(H2,11,12,14). The molecule has 2 saturated heterocycles. The predicted molar refractivity (Wildman–Crippen MR) is 54.3 cm³/mol. The summed E-state index contributed by atoms with van der Waals surface area (Å²) in [6.07, 6.45) is 3.88. The van der Waals surface area contributed by atoms with Crippen LogP contribution in [0.2, 0.25) is 0 Å². The van der Waals surface area contributed by atoms with Crippen LogP contribution in [0.5, 0.6) is 0 Å². The van der Waals surface area contributed by atoms with Gasteiger partial charge in [-0.1, -0.05) is 0 Å². The van der Waals surface area contributed by atoms with Crippen LogP contribution < -0.4 is 5.73 Å². The molecular weight excluding hydrogens is 194 g/mol. The minimum absolute atomic E-state index is 0.0476. The fourth-order valence-electron chi connectivity index (χ4n) is 2.98. The highest BCUT2D eigenvalue weighted by atomic mass is 16.5. The van der Waals surface area contributed by atoms with Crippen molar-refractivity contribution in [2.24, 2.45) is 10.7 Å². The number of ether oxygens (including phenoxy) is 1. The van der Waals surface area contributed by atoms with Crippen LogP contribution in [0.15, 0.2) is 4.99 Å². The van der Waals surface area contributed by atoms with E-state index in [-0.39, 0.29) is 11.9 Å². The van der Waals surface area contributed by atoms with E-state index in [0.717, 1.165) is 32.4 Å². The molecule has 5 heteroatoms. The summed E-state index contributed by atoms with van der Waals surface area (Å²) in [4.78, 5) is 17.9. The SMILES string of the molecule is NC1=NC(=O)C2(CCN3CCCC3C2)O1. The molecule has 5 nitrogen and oxygen atoms in total. The normalized spacial score (nSPS) is 40.4. The first kappa shape index (κ1) is 9.15. The number of rotatable bonds is 0. The lowest BCUT2D eigenvalue weighted by atomic mass is 9.86. The van der Waals surface area contributed by atoms with Crippen molar-refractivity contribution in [3.05, 3.63) is 0 Å². The molecule has 2 fully saturated rings. The second-order valence-corrected chi connectivity index (χ2v) is 4.64. The Labute approximate surface area is 88.3 Å². The molecule has 0 radical (unpaired) electrons. The van der Waals surface area contributed by atoms with Crippen LogP contribution in [0.4, 0.5) is 0 Å². The molecule has 1 spiro atoms. The first-order valence-electron chi connectivity index (χ1n) is 5.51. The van der Waals surface area contributed by atoms with Crippen LogP contribution in [0.3, 0.4) is 0 Å². The van der Waals surface area contributed by atoms with E-state index >= 15 is 0 Å². The van der Waals surface area contributed by atoms with Gasteiger partial charge in [-0.25, -0.2) is 0 Å². The van der Waals surface area contributed by atoms with Crippen molar-refractivity contribution < 1.29 is 9.53 Å². The van der Waals surface area contributed by atoms with Gasteiger partial charge in [-0.05, 0) is 19.4 Å². The lowest BCUT2D eigenvalue weighted by molar-refractivity contribution is -0.136. The van der Waals surface area contributed by atoms with Crippen molar-refractivity contribution in [1.82, 2.24) is 4.90 Å². The Morgan fingerprint density at radius 3 is 3.13 bits per heavy atom. The molecule has 3 rings (SSSR count). The molecule has 0 aromatic heterocycles. The van der Waals surface area contributed by atoms with E-state index in [2.05, 4.69) is 9.89 Å². The van der Waals surface area contributed by atoms with Crippen molar-refractivity contribution in [3.8, 4) is 0 Å². The largest absolute Gasteiger partial charge is 0.448 e. The van der Waals surface area contributed by atoms with Gasteiger partial charge in [0.1, 0.15) is 0 Å². The number of aliphatic imine (C=N–C) groups is 1. The fraction of sp³-hybridized carbons (Fsp3) is 0.800. The van der Waals surface area contributed by atoms with Gasteiger partial charge in [0.15, 0.2) is 5.60 Å². The van der Waals surface area contributed by atoms with E-state index in [1.807, 2.05) is 0 Å². The van der Waals surface area contributed by atoms with E-state index in [4.69, 9.17) is 10.5 Å². The number of nitrogens with zero attached hydrogens (tertiary/aromatic N) is 2. The second-order valence-electron chi connectivity index (χ2n) is 4.64. The molecule has 2 N–H and O–H groups in total. The Morgan fingerprint density at radius 2 is 2.40 bits per heavy atom. The molecule has 0 saturated carbocycles. The lowest BCUT2D eigenvalue weighted by Gasteiger charge is -2.39. The highest BCUT2D eigenvalue weighted by Crippen LogP contribution is 2.38. The average molecular weight is 209 g/mol. The van der Waals surface area contributed by atoms with Crippen LogP contribution in [0, 0.1) is 0 Å². The Bertz CT molecular complexity index is 342. The molecule has 3 aliphatic rings. The van der Waals surface area contributed by atoms with E-state index < -0.39 is 5.60 Å². The molecule has 2 unspecified atom stereocenters. The Kier molecular flexibility index (Phi) is 1.80. The fourth-order valence-corrected chi connectivity index (χ4v) is 2.98. The number of amidine groups is 1. The summed E-state index contributed by atoms with van der Waals surface area (Å²) < 4.78 is 5.46. The number of fused-ring (bicyclic) bond motifs is 1. The van der Waals surface area contributed by atoms with Crippen molar-refractivity contribution in [3.63, 3.8) is 0 Å². The molecule has 0 aromatic rings. The molecule has 82 valence electrons. The van der Waals surface area contributed by atoms with Crippen LogP contribution >= 0.6 is 0 Å². The van der Waals surface area contributed by atoms with Crippen LogP contribution in [-0.2, 0) is 9.53 Å². The summed E-state index contributed by atoms with van der Waals surface area (Å²) in [6.45, 7) is 2.09. The van der Waals surface area contributed by atoms with E-state index in [9.17, 15) is 4.79 Å². The van der Waals surface area contributed by atoms with Gasteiger partial charge in [0.2, 0.25) is 0 Å². The number of piperidine rings is 1. The molecule has 3 aliphatic heterocycles. The van der Waals surface area contributed by atoms with Crippen LogP contribution in [0.1, 0.15) is 25.7 Å². The zero-order valence-corrected chi connectivity index (χ0v) is 8.61. The summed E-state index contributed by atoms with van der Waals surface area (Å²) in [6, 6.07) is 0.537. The summed E-state index contributed by atoms with van der Waals surface area (Å²) in [5.74, 6) is -0.174. The van der Waals surface area contributed by atoms with Gasteiger partial charge >= 0.3 is 0 Å². The number of nitrogens with two attached hydrogens (primary N) is 1. The van der Waals surface area contributed by atoms with E-state index in [0.29, 0.717) is 6.04 Å². The van der Waals surface area contributed by atoms with Gasteiger partial charge < -0.3 is 15.4 Å². The second kappa shape index (κ2) is 2.95. The number of carbonyl (C=O) groups excluding carboxylic acids is 1. The zero-order valence-electron chi connectivity index (χ0n) is 8.61. The minimum Gasteiger partial charge on any atom is -0.448 e. The van der Waals surface area contributed by atoms with Crippen molar-refractivity contribution in [2.45, 2.75) is 37.3 Å². The van der Waals surface area contributed by atoms with E-state index in [1.165, 1.54) is 6.42 Å². The number of carbonyl (C=O) groups is 1. The minimum atomic E-state index is -0.713. The highest BCUT2D eigenvalue weighted by molar-refractivity contribution is 6.00. The molecule has 2 atom stereocenters. The summed E-state index contributed by atoms with van der Waals surface area (Å²) in [7, 11) is 0. The maximum Gasteiger partial charge on any atom is 0.294 e. The molecule has 15 heavy (non-hydrogen) atoms. The number of hydrogen-bond donors (Lipinski definition) is 1. The third-order valence-corrected chi connectivity index (χ3v) is 3.77. The van der Waals surface area contributed by atoms with Crippen LogP contribution in [0.25, 0.3) is 0 Å². The third kappa shape index (κ3) is 1.26. The van der Waals surface area contributed by atoms with Gasteiger partial charge in [0.25, 0.3) is 11.9 Å². The first-order chi connectivity index (χ1) is 7.20. The maximum atomic E-state index is 11.7. The zero-order chi connectivity index (χ0) is 10.5. The van der Waals surface area contributed by atoms with Gasteiger partial charge in [0.05, 0.1) is 0 Å². The van der Waals surface area contributed by atoms with Crippen molar-refractivity contribution in [1.29, 1.82) is 0 Å². The Hall–Kier alpha value is -1.10. The van der Waals surface area contributed by atoms with Crippen molar-refractivity contribution >= 4 is 11.9 Å². The molecule has 0 aromatic carbocycles. The monoisotopic (exact) mass is 209 g/mol. The van der Waals surface area contributed by atoms with Gasteiger partial charge in [-0.3, -0.25) is 4.79 Å². The first-order valence-corrected chi connectivity index (χ1v) is 5.51. The smallest absolute Gasteiger partial charge is 0.294 e. The van der Waals surface area contributed by atoms with Crippen LogP contribution in [-0.4, -0.2) is 41.6 Å². The Morgan fingerprint density at radius 1 is 1.53 bits per heavy atom. The molecule has 3 heterocycles. The molecule has 1 amide bonds. The topological polar surface area (TPSA) is 67.9 Å². The molecule has 0 aliphatic carbocycles. The van der Waals surface area contributed by atoms with Crippen molar-refractivity contribution in [2.75, 3.05) is 13.1 Å².